The molecule has 108 valence electrons. The van der Waals surface area contributed by atoms with Crippen molar-refractivity contribution in [2.24, 2.45) is 5.73 Å². The fourth-order valence-electron chi connectivity index (χ4n) is 1.99. The second kappa shape index (κ2) is 8.28. The van der Waals surface area contributed by atoms with E-state index in [1.54, 1.807) is 12.1 Å². The topological polar surface area (TPSA) is 26.0 Å². The molecule has 4 heteroatoms. The molecule has 0 bridgehead atoms. The van der Waals surface area contributed by atoms with Gasteiger partial charge in [-0.15, -0.1) is 0 Å². The van der Waals surface area contributed by atoms with Gasteiger partial charge in [-0.05, 0) is 43.5 Å². The maximum atomic E-state index is 14.0. The highest BCUT2D eigenvalue weighted by Crippen LogP contribution is 2.30. The molecule has 1 nitrogen and oxygen atoms in total. The van der Waals surface area contributed by atoms with Gasteiger partial charge >= 0.3 is 0 Å². The number of benzene rings is 1. The summed E-state index contributed by atoms with van der Waals surface area (Å²) in [5.74, 6) is -0.405. The van der Waals surface area contributed by atoms with Crippen LogP contribution in [0.5, 0.6) is 0 Å². The van der Waals surface area contributed by atoms with Gasteiger partial charge < -0.3 is 5.73 Å². The first-order valence-electron chi connectivity index (χ1n) is 6.35. The minimum absolute atomic E-state index is 0.272. The number of allylic oxidation sites excluding steroid dienone is 5. The van der Waals surface area contributed by atoms with Crippen molar-refractivity contribution in [3.05, 3.63) is 64.0 Å². The molecule has 0 amide bonds. The van der Waals surface area contributed by atoms with E-state index in [0.29, 0.717) is 17.1 Å². The Bertz CT molecular complexity index is 541. The van der Waals surface area contributed by atoms with E-state index in [2.05, 4.69) is 15.9 Å². The minimum Gasteiger partial charge on any atom is -0.398 e. The standard InChI is InChI=1S/C16H18BrClFN/c1-3-6-11(4-2)12(9-10-17)16(20)15-13(18)7-5-8-14(15)19/h3-8H,9-10,20H2,1-2H3/b6-3-,11-4+,16-12+. The molecular formula is C16H18BrClFN. The Labute approximate surface area is 133 Å². The van der Waals surface area contributed by atoms with Crippen LogP contribution in [0.2, 0.25) is 5.02 Å². The van der Waals surface area contributed by atoms with Gasteiger partial charge in [-0.3, -0.25) is 0 Å². The van der Waals surface area contributed by atoms with Crippen LogP contribution in [0.3, 0.4) is 0 Å². The molecule has 0 heterocycles. The molecule has 0 saturated carbocycles. The molecule has 0 atom stereocenters. The molecule has 0 spiro atoms. The summed E-state index contributed by atoms with van der Waals surface area (Å²) in [5.41, 5.74) is 8.71. The molecule has 2 N–H and O–H groups in total. The summed E-state index contributed by atoms with van der Waals surface area (Å²) in [6.07, 6.45) is 6.54. The van der Waals surface area contributed by atoms with Gasteiger partial charge in [0.05, 0.1) is 10.6 Å². The van der Waals surface area contributed by atoms with Gasteiger partial charge in [0.2, 0.25) is 0 Å². The normalized spacial score (nSPS) is 13.8. The van der Waals surface area contributed by atoms with E-state index in [1.165, 1.54) is 6.07 Å². The van der Waals surface area contributed by atoms with E-state index in [4.69, 9.17) is 17.3 Å². The van der Waals surface area contributed by atoms with Crippen molar-refractivity contribution < 1.29 is 4.39 Å². The lowest BCUT2D eigenvalue weighted by atomic mass is 9.96. The summed E-state index contributed by atoms with van der Waals surface area (Å²) in [7, 11) is 0. The number of alkyl halides is 1. The average Bonchev–Trinajstić information content (AvgIpc) is 2.42. The highest BCUT2D eigenvalue weighted by atomic mass is 79.9. The highest BCUT2D eigenvalue weighted by Gasteiger charge is 2.15. The van der Waals surface area contributed by atoms with Crippen LogP contribution in [0.25, 0.3) is 5.70 Å². The summed E-state index contributed by atoms with van der Waals surface area (Å²) in [5, 5.41) is 1.06. The van der Waals surface area contributed by atoms with Crippen LogP contribution in [0.4, 0.5) is 4.39 Å². The maximum absolute atomic E-state index is 14.0. The average molecular weight is 359 g/mol. The Morgan fingerprint density at radius 1 is 1.40 bits per heavy atom. The first kappa shape index (κ1) is 17.0. The Balaban J connectivity index is 3.50. The molecule has 0 aliphatic rings. The molecule has 0 saturated heterocycles. The summed E-state index contributed by atoms with van der Waals surface area (Å²) in [4.78, 5) is 0. The largest absolute Gasteiger partial charge is 0.398 e. The van der Waals surface area contributed by atoms with Gasteiger partial charge in [-0.25, -0.2) is 4.39 Å². The molecule has 1 aromatic rings. The van der Waals surface area contributed by atoms with Gasteiger partial charge in [0.25, 0.3) is 0 Å². The van der Waals surface area contributed by atoms with Crippen LogP contribution < -0.4 is 5.73 Å². The molecule has 0 aliphatic carbocycles. The molecule has 0 unspecified atom stereocenters. The zero-order chi connectivity index (χ0) is 15.1. The lowest BCUT2D eigenvalue weighted by Crippen LogP contribution is -2.07. The third kappa shape index (κ3) is 3.97. The quantitative estimate of drug-likeness (QED) is 0.549. The SMILES string of the molecule is C\C=C/C(=C\C)C(/CCBr)=C(/N)c1c(F)cccc1Cl. The Kier molecular flexibility index (Phi) is 7.03. The van der Waals surface area contributed by atoms with E-state index >= 15 is 0 Å². The van der Waals surface area contributed by atoms with Crippen molar-refractivity contribution in [3.63, 3.8) is 0 Å². The Morgan fingerprint density at radius 2 is 2.10 bits per heavy atom. The maximum Gasteiger partial charge on any atom is 0.134 e. The molecule has 0 aliphatic heterocycles. The van der Waals surface area contributed by atoms with Crippen molar-refractivity contribution >= 4 is 33.2 Å². The van der Waals surface area contributed by atoms with E-state index in [9.17, 15) is 4.39 Å². The van der Waals surface area contributed by atoms with Gasteiger partial charge in [0, 0.05) is 11.0 Å². The van der Waals surface area contributed by atoms with Gasteiger partial charge in [0.15, 0.2) is 0 Å². The monoisotopic (exact) mass is 357 g/mol. The number of rotatable bonds is 5. The second-order valence-corrected chi connectivity index (χ2v) is 5.37. The van der Waals surface area contributed by atoms with Crippen molar-refractivity contribution in [2.75, 3.05) is 5.33 Å². The number of hydrogen-bond acceptors (Lipinski definition) is 1. The fourth-order valence-corrected chi connectivity index (χ4v) is 2.65. The van der Waals surface area contributed by atoms with Gasteiger partial charge in [0.1, 0.15) is 5.82 Å². The zero-order valence-corrected chi connectivity index (χ0v) is 13.9. The summed E-state index contributed by atoms with van der Waals surface area (Å²) in [6.45, 7) is 3.86. The molecular weight excluding hydrogens is 341 g/mol. The molecule has 0 aromatic heterocycles. The van der Waals surface area contributed by atoms with Crippen molar-refractivity contribution in [3.8, 4) is 0 Å². The van der Waals surface area contributed by atoms with E-state index < -0.39 is 5.82 Å². The highest BCUT2D eigenvalue weighted by molar-refractivity contribution is 9.09. The third-order valence-electron chi connectivity index (χ3n) is 2.91. The Morgan fingerprint density at radius 3 is 2.60 bits per heavy atom. The van der Waals surface area contributed by atoms with E-state index in [0.717, 1.165) is 16.5 Å². The smallest absolute Gasteiger partial charge is 0.134 e. The lowest BCUT2D eigenvalue weighted by molar-refractivity contribution is 0.623. The van der Waals surface area contributed by atoms with Crippen LogP contribution in [0.15, 0.2) is 47.6 Å². The molecule has 0 fully saturated rings. The van der Waals surface area contributed by atoms with Crippen molar-refractivity contribution in [2.45, 2.75) is 20.3 Å². The van der Waals surface area contributed by atoms with Crippen molar-refractivity contribution in [1.82, 2.24) is 0 Å². The van der Waals surface area contributed by atoms with Gasteiger partial charge in [-0.2, -0.15) is 0 Å². The summed E-state index contributed by atoms with van der Waals surface area (Å²) < 4.78 is 14.0. The molecule has 1 rings (SSSR count). The lowest BCUT2D eigenvalue weighted by Gasteiger charge is -2.14. The van der Waals surface area contributed by atoms with Gasteiger partial charge in [-0.1, -0.05) is 51.8 Å². The molecule has 20 heavy (non-hydrogen) atoms. The number of nitrogens with two attached hydrogens (primary N) is 1. The first-order chi connectivity index (χ1) is 9.56. The predicted molar refractivity (Wildman–Crippen MR) is 89.5 cm³/mol. The molecule has 1 aromatic carbocycles. The first-order valence-corrected chi connectivity index (χ1v) is 7.85. The summed E-state index contributed by atoms with van der Waals surface area (Å²) >= 11 is 9.50. The van der Waals surface area contributed by atoms with Crippen LogP contribution >= 0.6 is 27.5 Å². The predicted octanol–water partition coefficient (Wildman–Crippen LogP) is 5.46. The van der Waals surface area contributed by atoms with Crippen LogP contribution in [-0.4, -0.2) is 5.33 Å². The van der Waals surface area contributed by atoms with Crippen LogP contribution in [0.1, 0.15) is 25.8 Å². The fraction of sp³-hybridized carbons (Fsp3) is 0.250. The molecule has 0 radical (unpaired) electrons. The van der Waals surface area contributed by atoms with E-state index in [1.807, 2.05) is 32.1 Å². The van der Waals surface area contributed by atoms with Crippen molar-refractivity contribution in [1.29, 1.82) is 0 Å². The minimum atomic E-state index is -0.405. The summed E-state index contributed by atoms with van der Waals surface area (Å²) in [6, 6.07) is 4.58. The zero-order valence-electron chi connectivity index (χ0n) is 11.6. The number of halogens is 3. The number of hydrogen-bond donors (Lipinski definition) is 1. The Hall–Kier alpha value is -1.06. The third-order valence-corrected chi connectivity index (χ3v) is 3.62. The van der Waals surface area contributed by atoms with Crippen LogP contribution in [0, 0.1) is 5.82 Å². The second-order valence-electron chi connectivity index (χ2n) is 4.17. The van der Waals surface area contributed by atoms with Crippen LogP contribution in [-0.2, 0) is 0 Å². The van der Waals surface area contributed by atoms with E-state index in [-0.39, 0.29) is 5.56 Å².